The van der Waals surface area contributed by atoms with E-state index >= 15 is 0 Å². The van der Waals surface area contributed by atoms with E-state index in [0.717, 1.165) is 25.1 Å². The molecule has 1 rings (SSSR count). The van der Waals surface area contributed by atoms with Crippen molar-refractivity contribution >= 4 is 11.6 Å². The van der Waals surface area contributed by atoms with Crippen molar-refractivity contribution in [2.75, 3.05) is 0 Å². The smallest absolute Gasteiger partial charge is 0.207 e. The van der Waals surface area contributed by atoms with Crippen LogP contribution in [0.2, 0.25) is 5.02 Å². The molecule has 0 fully saturated rings. The molecule has 0 nitrogen and oxygen atoms in total. The third-order valence-corrected chi connectivity index (χ3v) is 2.25. The van der Waals surface area contributed by atoms with Gasteiger partial charge < -0.3 is 0 Å². The lowest BCUT2D eigenvalue weighted by atomic mass is 10.0. The summed E-state index contributed by atoms with van der Waals surface area (Å²) in [5, 5.41) is -0.199. The second-order valence-electron chi connectivity index (χ2n) is 2.93. The number of rotatable bonds is 1. The molecule has 0 aromatic heterocycles. The minimum Gasteiger partial charge on any atom is -0.207 e. The highest BCUT2D eigenvalue weighted by Crippen LogP contribution is 2.37. The van der Waals surface area contributed by atoms with Gasteiger partial charge in [-0.2, -0.15) is 13.2 Å². The maximum Gasteiger partial charge on any atom is 0.395 e. The van der Waals surface area contributed by atoms with Crippen molar-refractivity contribution in [3.8, 4) is 0 Å². The van der Waals surface area contributed by atoms with Crippen molar-refractivity contribution in [1.82, 2.24) is 0 Å². The van der Waals surface area contributed by atoms with Crippen molar-refractivity contribution in [2.24, 2.45) is 0 Å². The Bertz CT molecular complexity index is 332. The molecule has 1 aromatic carbocycles. The van der Waals surface area contributed by atoms with Crippen LogP contribution in [0.1, 0.15) is 18.4 Å². The van der Waals surface area contributed by atoms with E-state index in [1.54, 1.807) is 0 Å². The van der Waals surface area contributed by atoms with Gasteiger partial charge in [0.15, 0.2) is 0 Å². The van der Waals surface area contributed by atoms with E-state index in [1.165, 1.54) is 0 Å². The molecule has 0 heterocycles. The Labute approximate surface area is 83.5 Å². The van der Waals surface area contributed by atoms with E-state index in [4.69, 9.17) is 11.6 Å². The Balaban J connectivity index is 3.08. The van der Waals surface area contributed by atoms with Crippen LogP contribution in [0.15, 0.2) is 18.2 Å². The van der Waals surface area contributed by atoms with Crippen LogP contribution in [0, 0.1) is 5.82 Å². The molecule has 0 aliphatic heterocycles. The maximum absolute atomic E-state index is 12.5. The van der Waals surface area contributed by atoms with Gasteiger partial charge in [0.05, 0.1) is 5.92 Å². The Hall–Kier alpha value is -0.770. The van der Waals surface area contributed by atoms with E-state index < -0.39 is 17.9 Å². The summed E-state index contributed by atoms with van der Waals surface area (Å²) in [7, 11) is 0. The molecular formula is C9H7ClF4. The molecule has 78 valence electrons. The van der Waals surface area contributed by atoms with Gasteiger partial charge in [-0.05, 0) is 24.6 Å². The summed E-state index contributed by atoms with van der Waals surface area (Å²) in [4.78, 5) is 0. The summed E-state index contributed by atoms with van der Waals surface area (Å²) >= 11 is 5.49. The first-order valence-electron chi connectivity index (χ1n) is 3.84. The van der Waals surface area contributed by atoms with E-state index in [-0.39, 0.29) is 10.6 Å². The molecule has 0 spiro atoms. The lowest BCUT2D eigenvalue weighted by Crippen LogP contribution is -2.18. The van der Waals surface area contributed by atoms with E-state index in [0.29, 0.717) is 0 Å². The highest BCUT2D eigenvalue weighted by Gasteiger charge is 2.38. The number of halogens is 5. The van der Waals surface area contributed by atoms with Crippen molar-refractivity contribution in [1.29, 1.82) is 0 Å². The second kappa shape index (κ2) is 3.77. The van der Waals surface area contributed by atoms with Gasteiger partial charge >= 0.3 is 6.18 Å². The average Bonchev–Trinajstić information content (AvgIpc) is 2.01. The average molecular weight is 227 g/mol. The SMILES string of the molecule is C[C@H](c1ccc(F)cc1Cl)C(F)(F)F. The third kappa shape index (κ3) is 2.38. The lowest BCUT2D eigenvalue weighted by Gasteiger charge is -2.16. The predicted molar refractivity (Wildman–Crippen MR) is 45.9 cm³/mol. The zero-order valence-electron chi connectivity index (χ0n) is 7.20. The molecule has 0 aliphatic rings. The summed E-state index contributed by atoms with van der Waals surface area (Å²) < 4.78 is 49.3. The third-order valence-electron chi connectivity index (χ3n) is 1.92. The van der Waals surface area contributed by atoms with Crippen LogP contribution in [-0.2, 0) is 0 Å². The van der Waals surface area contributed by atoms with Gasteiger partial charge in [0.2, 0.25) is 0 Å². The zero-order valence-corrected chi connectivity index (χ0v) is 7.96. The molecule has 0 bridgehead atoms. The molecule has 14 heavy (non-hydrogen) atoms. The minimum atomic E-state index is -4.36. The van der Waals surface area contributed by atoms with E-state index in [2.05, 4.69) is 0 Å². The minimum absolute atomic E-state index is 0.111. The number of benzene rings is 1. The normalized spacial score (nSPS) is 14.1. The summed E-state index contributed by atoms with van der Waals surface area (Å²) in [6.07, 6.45) is -4.36. The molecule has 0 saturated heterocycles. The van der Waals surface area contributed by atoms with Crippen LogP contribution < -0.4 is 0 Å². The van der Waals surface area contributed by atoms with Crippen LogP contribution in [0.4, 0.5) is 17.6 Å². The fourth-order valence-electron chi connectivity index (χ4n) is 1.03. The molecule has 0 saturated carbocycles. The zero-order chi connectivity index (χ0) is 10.9. The van der Waals surface area contributed by atoms with Gasteiger partial charge in [0.1, 0.15) is 5.82 Å². The highest BCUT2D eigenvalue weighted by molar-refractivity contribution is 6.31. The van der Waals surface area contributed by atoms with Crippen molar-refractivity contribution in [2.45, 2.75) is 19.0 Å². The molecule has 1 aromatic rings. The fourth-order valence-corrected chi connectivity index (χ4v) is 1.36. The summed E-state index contributed by atoms with van der Waals surface area (Å²) in [6, 6.07) is 2.89. The number of hydrogen-bond donors (Lipinski definition) is 0. The highest BCUT2D eigenvalue weighted by atomic mass is 35.5. The summed E-state index contributed by atoms with van der Waals surface area (Å²) in [5.74, 6) is -2.33. The number of alkyl halides is 3. The molecule has 5 heteroatoms. The first-order valence-corrected chi connectivity index (χ1v) is 4.22. The first kappa shape index (κ1) is 11.3. The molecule has 0 N–H and O–H groups in total. The van der Waals surface area contributed by atoms with Crippen molar-refractivity contribution in [3.63, 3.8) is 0 Å². The number of hydrogen-bond acceptors (Lipinski definition) is 0. The fraction of sp³-hybridized carbons (Fsp3) is 0.333. The van der Waals surface area contributed by atoms with Crippen LogP contribution >= 0.6 is 11.6 Å². The van der Waals surface area contributed by atoms with Gasteiger partial charge in [-0.3, -0.25) is 0 Å². The second-order valence-corrected chi connectivity index (χ2v) is 3.34. The maximum atomic E-state index is 12.5. The summed E-state index contributed by atoms with van der Waals surface area (Å²) in [6.45, 7) is 0.985. The first-order chi connectivity index (χ1) is 6.32. The molecular weight excluding hydrogens is 220 g/mol. The monoisotopic (exact) mass is 226 g/mol. The Morgan fingerprint density at radius 1 is 1.29 bits per heavy atom. The predicted octanol–water partition coefficient (Wildman–Crippen LogP) is 4.14. The quantitative estimate of drug-likeness (QED) is 0.631. The molecule has 0 aliphatic carbocycles. The van der Waals surface area contributed by atoms with Crippen molar-refractivity contribution < 1.29 is 17.6 Å². The Morgan fingerprint density at radius 3 is 2.29 bits per heavy atom. The lowest BCUT2D eigenvalue weighted by molar-refractivity contribution is -0.146. The van der Waals surface area contributed by atoms with Gasteiger partial charge in [0.25, 0.3) is 0 Å². The van der Waals surface area contributed by atoms with Crippen LogP contribution in [0.3, 0.4) is 0 Å². The van der Waals surface area contributed by atoms with Gasteiger partial charge in [-0.1, -0.05) is 17.7 Å². The van der Waals surface area contributed by atoms with E-state index in [9.17, 15) is 17.6 Å². The standard InChI is InChI=1S/C9H7ClF4/c1-5(9(12,13)14)7-3-2-6(11)4-8(7)10/h2-5H,1H3/t5-/m1/s1. The van der Waals surface area contributed by atoms with Crippen molar-refractivity contribution in [3.05, 3.63) is 34.6 Å². The van der Waals surface area contributed by atoms with Gasteiger partial charge in [0, 0.05) is 5.02 Å². The Kier molecular flexibility index (Phi) is 3.04. The molecule has 0 radical (unpaired) electrons. The summed E-state index contributed by atoms with van der Waals surface area (Å²) in [5.41, 5.74) is -0.111. The van der Waals surface area contributed by atoms with Crippen LogP contribution in [0.5, 0.6) is 0 Å². The van der Waals surface area contributed by atoms with Crippen LogP contribution in [-0.4, -0.2) is 6.18 Å². The molecule has 1 atom stereocenters. The molecule has 0 unspecified atom stereocenters. The Morgan fingerprint density at radius 2 is 1.86 bits per heavy atom. The largest absolute Gasteiger partial charge is 0.395 e. The van der Waals surface area contributed by atoms with Gasteiger partial charge in [-0.15, -0.1) is 0 Å². The molecule has 0 amide bonds. The van der Waals surface area contributed by atoms with Crippen LogP contribution in [0.25, 0.3) is 0 Å². The topological polar surface area (TPSA) is 0 Å². The van der Waals surface area contributed by atoms with Gasteiger partial charge in [-0.25, -0.2) is 4.39 Å². The van der Waals surface area contributed by atoms with E-state index in [1.807, 2.05) is 0 Å².